The molecule has 0 aliphatic heterocycles. The minimum Gasteiger partial charge on any atom is -0.366 e. The molecule has 1 amide bonds. The van der Waals surface area contributed by atoms with Gasteiger partial charge in [-0.25, -0.2) is 9.97 Å². The second-order valence-electron chi connectivity index (χ2n) is 5.90. The minimum atomic E-state index is -0.272. The van der Waals surface area contributed by atoms with Gasteiger partial charge in [0.1, 0.15) is 17.8 Å². The lowest BCUT2D eigenvalue weighted by Crippen LogP contribution is -2.24. The zero-order valence-electron chi connectivity index (χ0n) is 14.4. The van der Waals surface area contributed by atoms with Crippen LogP contribution < -0.4 is 10.6 Å². The molecule has 5 nitrogen and oxygen atoms in total. The summed E-state index contributed by atoms with van der Waals surface area (Å²) in [7, 11) is 0. The van der Waals surface area contributed by atoms with Gasteiger partial charge in [0.15, 0.2) is 0 Å². The number of carbonyl (C=O) groups is 1. The van der Waals surface area contributed by atoms with Gasteiger partial charge in [-0.05, 0) is 24.1 Å². The Kier molecular flexibility index (Phi) is 5.81. The monoisotopic (exact) mass is 366 g/mol. The molecule has 26 heavy (non-hydrogen) atoms. The highest BCUT2D eigenvalue weighted by Crippen LogP contribution is 2.14. The van der Waals surface area contributed by atoms with Crippen LogP contribution in [-0.2, 0) is 13.1 Å². The predicted molar refractivity (Wildman–Crippen MR) is 103 cm³/mol. The topological polar surface area (TPSA) is 66.9 Å². The standard InChI is InChI=1S/C20H19ClN4O/c1-14-6-8-15(9-7-14)11-22-19-10-18(24-13-25-19)20(26)23-12-16-4-2-3-5-17(16)21/h2-10,13H,11-12H2,1H3,(H,23,26)(H,22,24,25). The maximum absolute atomic E-state index is 12.3. The van der Waals surface area contributed by atoms with E-state index < -0.39 is 0 Å². The van der Waals surface area contributed by atoms with Crippen molar-refractivity contribution in [2.24, 2.45) is 0 Å². The summed E-state index contributed by atoms with van der Waals surface area (Å²) >= 11 is 6.10. The number of anilines is 1. The first-order valence-electron chi connectivity index (χ1n) is 8.25. The molecule has 0 bridgehead atoms. The van der Waals surface area contributed by atoms with E-state index in [-0.39, 0.29) is 5.91 Å². The lowest BCUT2D eigenvalue weighted by atomic mass is 10.1. The molecule has 0 radical (unpaired) electrons. The number of benzene rings is 2. The predicted octanol–water partition coefficient (Wildman–Crippen LogP) is 3.98. The van der Waals surface area contributed by atoms with Crippen molar-refractivity contribution in [2.75, 3.05) is 5.32 Å². The lowest BCUT2D eigenvalue weighted by molar-refractivity contribution is 0.0946. The van der Waals surface area contributed by atoms with Crippen molar-refractivity contribution < 1.29 is 4.79 Å². The fourth-order valence-corrected chi connectivity index (χ4v) is 2.59. The van der Waals surface area contributed by atoms with Gasteiger partial charge in [-0.3, -0.25) is 4.79 Å². The van der Waals surface area contributed by atoms with Crippen LogP contribution in [0.3, 0.4) is 0 Å². The molecule has 0 unspecified atom stereocenters. The fraction of sp³-hybridized carbons (Fsp3) is 0.150. The van der Waals surface area contributed by atoms with E-state index in [2.05, 4.69) is 51.8 Å². The first-order valence-corrected chi connectivity index (χ1v) is 8.62. The number of amides is 1. The maximum Gasteiger partial charge on any atom is 0.270 e. The number of nitrogens with one attached hydrogen (secondary N) is 2. The molecule has 0 saturated heterocycles. The van der Waals surface area contributed by atoms with Gasteiger partial charge in [0.2, 0.25) is 0 Å². The third kappa shape index (κ3) is 4.80. The van der Waals surface area contributed by atoms with Gasteiger partial charge < -0.3 is 10.6 Å². The Labute approximate surface area is 157 Å². The molecule has 0 atom stereocenters. The highest BCUT2D eigenvalue weighted by Gasteiger charge is 2.09. The highest BCUT2D eigenvalue weighted by molar-refractivity contribution is 6.31. The molecule has 132 valence electrons. The Morgan fingerprint density at radius 2 is 1.81 bits per heavy atom. The third-order valence-electron chi connectivity index (χ3n) is 3.89. The van der Waals surface area contributed by atoms with Crippen LogP contribution in [0.15, 0.2) is 60.9 Å². The number of carbonyl (C=O) groups excluding carboxylic acids is 1. The van der Waals surface area contributed by atoms with E-state index in [0.717, 1.165) is 11.1 Å². The average Bonchev–Trinajstić information content (AvgIpc) is 2.67. The van der Waals surface area contributed by atoms with Crippen LogP contribution in [0.5, 0.6) is 0 Å². The third-order valence-corrected chi connectivity index (χ3v) is 4.26. The van der Waals surface area contributed by atoms with Crippen LogP contribution in [0.2, 0.25) is 5.02 Å². The van der Waals surface area contributed by atoms with E-state index in [9.17, 15) is 4.79 Å². The van der Waals surface area contributed by atoms with Gasteiger partial charge in [0.05, 0.1) is 0 Å². The van der Waals surface area contributed by atoms with Crippen molar-refractivity contribution in [2.45, 2.75) is 20.0 Å². The Hall–Kier alpha value is -2.92. The summed E-state index contributed by atoms with van der Waals surface area (Å²) in [5.41, 5.74) is 3.51. The van der Waals surface area contributed by atoms with Crippen LogP contribution in [0.25, 0.3) is 0 Å². The summed E-state index contributed by atoms with van der Waals surface area (Å²) in [6.07, 6.45) is 1.38. The molecule has 0 aliphatic carbocycles. The summed E-state index contributed by atoms with van der Waals surface area (Å²) < 4.78 is 0. The van der Waals surface area contributed by atoms with E-state index in [4.69, 9.17) is 11.6 Å². The van der Waals surface area contributed by atoms with Gasteiger partial charge in [-0.15, -0.1) is 0 Å². The van der Waals surface area contributed by atoms with Crippen LogP contribution in [0.1, 0.15) is 27.2 Å². The first-order chi connectivity index (χ1) is 12.6. The molecule has 6 heteroatoms. The number of rotatable bonds is 6. The lowest BCUT2D eigenvalue weighted by Gasteiger charge is -2.09. The van der Waals surface area contributed by atoms with Crippen molar-refractivity contribution in [3.8, 4) is 0 Å². The number of aryl methyl sites for hydroxylation is 1. The van der Waals surface area contributed by atoms with E-state index >= 15 is 0 Å². The second kappa shape index (κ2) is 8.45. The molecular formula is C20H19ClN4O. The zero-order chi connectivity index (χ0) is 18.4. The van der Waals surface area contributed by atoms with Crippen molar-refractivity contribution >= 4 is 23.3 Å². The van der Waals surface area contributed by atoms with Crippen LogP contribution in [0.4, 0.5) is 5.82 Å². The van der Waals surface area contributed by atoms with Gasteiger partial charge in [0, 0.05) is 24.2 Å². The molecule has 1 aromatic heterocycles. The van der Waals surface area contributed by atoms with Crippen LogP contribution in [-0.4, -0.2) is 15.9 Å². The smallest absolute Gasteiger partial charge is 0.270 e. The molecule has 0 spiro atoms. The number of nitrogens with zero attached hydrogens (tertiary/aromatic N) is 2. The van der Waals surface area contributed by atoms with E-state index in [0.29, 0.717) is 29.6 Å². The Balaban J connectivity index is 1.60. The molecular weight excluding hydrogens is 348 g/mol. The number of aromatic nitrogens is 2. The molecule has 0 aliphatic rings. The van der Waals surface area contributed by atoms with Crippen molar-refractivity contribution in [3.05, 3.63) is 88.3 Å². The quantitative estimate of drug-likeness (QED) is 0.692. The van der Waals surface area contributed by atoms with E-state index in [1.807, 2.05) is 18.2 Å². The molecule has 2 N–H and O–H groups in total. The Morgan fingerprint density at radius 3 is 2.58 bits per heavy atom. The first kappa shape index (κ1) is 17.9. The van der Waals surface area contributed by atoms with Crippen molar-refractivity contribution in [1.29, 1.82) is 0 Å². The zero-order valence-corrected chi connectivity index (χ0v) is 15.1. The molecule has 2 aromatic carbocycles. The van der Waals surface area contributed by atoms with Crippen LogP contribution in [0, 0.1) is 6.92 Å². The molecule has 0 saturated carbocycles. The van der Waals surface area contributed by atoms with Gasteiger partial charge in [-0.1, -0.05) is 59.6 Å². The summed E-state index contributed by atoms with van der Waals surface area (Å²) in [5.74, 6) is 0.328. The average molecular weight is 367 g/mol. The normalized spacial score (nSPS) is 10.4. The van der Waals surface area contributed by atoms with Gasteiger partial charge >= 0.3 is 0 Å². The molecule has 1 heterocycles. The molecule has 3 aromatic rings. The SMILES string of the molecule is Cc1ccc(CNc2cc(C(=O)NCc3ccccc3Cl)ncn2)cc1. The van der Waals surface area contributed by atoms with Crippen LogP contribution >= 0.6 is 11.6 Å². The highest BCUT2D eigenvalue weighted by atomic mass is 35.5. The minimum absolute atomic E-state index is 0.272. The van der Waals surface area contributed by atoms with E-state index in [1.165, 1.54) is 11.9 Å². The van der Waals surface area contributed by atoms with Gasteiger partial charge in [0.25, 0.3) is 5.91 Å². The fourth-order valence-electron chi connectivity index (χ4n) is 2.38. The molecule has 0 fully saturated rings. The summed E-state index contributed by atoms with van der Waals surface area (Å²) in [6.45, 7) is 3.02. The second-order valence-corrected chi connectivity index (χ2v) is 6.31. The Bertz CT molecular complexity index is 896. The summed E-state index contributed by atoms with van der Waals surface area (Å²) in [6, 6.07) is 17.3. The van der Waals surface area contributed by atoms with E-state index in [1.54, 1.807) is 12.1 Å². The Morgan fingerprint density at radius 1 is 1.04 bits per heavy atom. The number of hydrogen-bond acceptors (Lipinski definition) is 4. The summed E-state index contributed by atoms with van der Waals surface area (Å²) in [5, 5.41) is 6.65. The molecule has 3 rings (SSSR count). The largest absolute Gasteiger partial charge is 0.366 e. The summed E-state index contributed by atoms with van der Waals surface area (Å²) in [4.78, 5) is 20.5. The maximum atomic E-state index is 12.3. The van der Waals surface area contributed by atoms with Crippen molar-refractivity contribution in [1.82, 2.24) is 15.3 Å². The van der Waals surface area contributed by atoms with Gasteiger partial charge in [-0.2, -0.15) is 0 Å². The van der Waals surface area contributed by atoms with Crippen molar-refractivity contribution in [3.63, 3.8) is 0 Å². The number of halogens is 1. The number of hydrogen-bond donors (Lipinski definition) is 2.